The van der Waals surface area contributed by atoms with Gasteiger partial charge in [-0.25, -0.2) is 0 Å². The van der Waals surface area contributed by atoms with E-state index in [0.29, 0.717) is 31.0 Å². The number of aryl methyl sites for hydroxylation is 1. The number of piperidine rings is 1. The van der Waals surface area contributed by atoms with Gasteiger partial charge in [-0.3, -0.25) is 9.36 Å². The Kier molecular flexibility index (Phi) is 7.96. The van der Waals surface area contributed by atoms with E-state index in [9.17, 15) is 4.79 Å². The summed E-state index contributed by atoms with van der Waals surface area (Å²) < 4.78 is 7.87. The van der Waals surface area contributed by atoms with Gasteiger partial charge < -0.3 is 9.64 Å². The molecule has 0 aliphatic carbocycles. The Labute approximate surface area is 183 Å². The van der Waals surface area contributed by atoms with E-state index in [1.54, 1.807) is 0 Å². The first-order valence-electron chi connectivity index (χ1n) is 10.7. The molecule has 2 atom stereocenters. The molecule has 0 spiro atoms. The maximum absolute atomic E-state index is 12.8. The predicted molar refractivity (Wildman–Crippen MR) is 121 cm³/mol. The highest BCUT2D eigenvalue weighted by Crippen LogP contribution is 2.25. The summed E-state index contributed by atoms with van der Waals surface area (Å²) in [4.78, 5) is 14.9. The van der Waals surface area contributed by atoms with Crippen LogP contribution in [0.5, 0.6) is 5.75 Å². The number of hydrogen-bond acceptors (Lipinski definition) is 5. The van der Waals surface area contributed by atoms with E-state index in [4.69, 9.17) is 4.74 Å². The molecule has 0 bridgehead atoms. The fourth-order valence-corrected chi connectivity index (χ4v) is 4.76. The molecule has 2 aromatic rings. The number of thioether (sulfide) groups is 1. The lowest BCUT2D eigenvalue weighted by Gasteiger charge is -2.39. The first kappa shape index (κ1) is 22.4. The van der Waals surface area contributed by atoms with Crippen LogP contribution in [0.1, 0.15) is 51.4 Å². The predicted octanol–water partition coefficient (Wildman–Crippen LogP) is 4.49. The third kappa shape index (κ3) is 5.45. The maximum atomic E-state index is 12.8. The third-order valence-corrected chi connectivity index (χ3v) is 6.56. The Morgan fingerprint density at radius 2 is 1.93 bits per heavy atom. The summed E-state index contributed by atoms with van der Waals surface area (Å²) in [6, 6.07) is 8.69. The van der Waals surface area contributed by atoms with Crippen molar-refractivity contribution in [1.29, 1.82) is 0 Å². The third-order valence-electron chi connectivity index (χ3n) is 5.61. The molecule has 162 valence electrons. The number of rotatable bonds is 9. The monoisotopic (exact) mass is 428 g/mol. The molecule has 7 heteroatoms. The van der Waals surface area contributed by atoms with Gasteiger partial charge in [-0.1, -0.05) is 36.9 Å². The highest BCUT2D eigenvalue weighted by molar-refractivity contribution is 7.99. The minimum Gasteiger partial charge on any atom is -0.486 e. The van der Waals surface area contributed by atoms with Crippen LogP contribution in [0.25, 0.3) is 0 Å². The second-order valence-corrected chi connectivity index (χ2v) is 8.75. The lowest BCUT2D eigenvalue weighted by Crippen LogP contribution is -2.48. The van der Waals surface area contributed by atoms with Crippen LogP contribution in [0, 0.1) is 0 Å². The number of hydrogen-bond donors (Lipinski definition) is 0. The van der Waals surface area contributed by atoms with E-state index in [1.165, 1.54) is 23.7 Å². The van der Waals surface area contributed by atoms with Crippen molar-refractivity contribution in [2.45, 2.75) is 76.8 Å². The van der Waals surface area contributed by atoms with Crippen molar-refractivity contribution in [3.8, 4) is 5.75 Å². The molecule has 1 fully saturated rings. The van der Waals surface area contributed by atoms with Gasteiger partial charge in [0.2, 0.25) is 5.91 Å². The van der Waals surface area contributed by atoms with Crippen LogP contribution in [0.3, 0.4) is 0 Å². The lowest BCUT2D eigenvalue weighted by molar-refractivity contribution is -0.134. The number of carbonyl (C=O) groups excluding carboxylic acids is 1. The summed E-state index contributed by atoms with van der Waals surface area (Å²) in [5.41, 5.74) is 1.28. The minimum atomic E-state index is 0.168. The van der Waals surface area contributed by atoms with Gasteiger partial charge in [-0.15, -0.1) is 16.8 Å². The summed E-state index contributed by atoms with van der Waals surface area (Å²) >= 11 is 1.44. The maximum Gasteiger partial charge on any atom is 0.233 e. The van der Waals surface area contributed by atoms with Gasteiger partial charge in [-0.05, 0) is 57.2 Å². The summed E-state index contributed by atoms with van der Waals surface area (Å²) in [6.07, 6.45) is 6.16. The van der Waals surface area contributed by atoms with Crippen LogP contribution in [0.15, 0.2) is 42.1 Å². The van der Waals surface area contributed by atoms with Crippen molar-refractivity contribution in [3.63, 3.8) is 0 Å². The molecule has 0 radical (unpaired) electrons. The molecule has 1 amide bonds. The number of nitrogens with zero attached hydrogens (tertiary/aromatic N) is 4. The fraction of sp³-hybridized carbons (Fsp3) is 0.522. The highest BCUT2D eigenvalue weighted by Gasteiger charge is 2.29. The first-order chi connectivity index (χ1) is 14.5. The van der Waals surface area contributed by atoms with Crippen molar-refractivity contribution in [2.24, 2.45) is 0 Å². The molecule has 1 aromatic heterocycles. The molecule has 1 aliphatic heterocycles. The summed E-state index contributed by atoms with van der Waals surface area (Å²) in [5, 5.41) is 9.33. The number of benzene rings is 1. The lowest BCUT2D eigenvalue weighted by atomic mass is 9.98. The first-order valence-corrected chi connectivity index (χ1v) is 11.7. The minimum absolute atomic E-state index is 0.168. The largest absolute Gasteiger partial charge is 0.486 e. The Balaban J connectivity index is 1.63. The van der Waals surface area contributed by atoms with Gasteiger partial charge in [0.1, 0.15) is 12.4 Å². The van der Waals surface area contributed by atoms with Crippen molar-refractivity contribution >= 4 is 17.7 Å². The summed E-state index contributed by atoms with van der Waals surface area (Å²) in [5.74, 6) is 2.06. The van der Waals surface area contributed by atoms with Crippen LogP contribution in [0.4, 0.5) is 0 Å². The average molecular weight is 429 g/mol. The number of aromatic nitrogens is 3. The SMILES string of the molecule is C=CCn1c(COc2ccc(CC)cc2)nnc1SCC(=O)N1[C@@H](C)CCC[C@@H]1C. The molecule has 0 N–H and O–H groups in total. The number of ether oxygens (including phenoxy) is 1. The number of amides is 1. The summed E-state index contributed by atoms with van der Waals surface area (Å²) in [6.45, 7) is 11.1. The van der Waals surface area contributed by atoms with Crippen LogP contribution in [-0.2, 0) is 24.4 Å². The zero-order valence-corrected chi connectivity index (χ0v) is 19.0. The Bertz CT molecular complexity index is 839. The molecule has 3 rings (SSSR count). The molecule has 30 heavy (non-hydrogen) atoms. The smallest absolute Gasteiger partial charge is 0.233 e. The molecular formula is C23H32N4O2S. The van der Waals surface area contributed by atoms with Gasteiger partial charge in [0.15, 0.2) is 11.0 Å². The second-order valence-electron chi connectivity index (χ2n) is 7.80. The molecule has 2 heterocycles. The Morgan fingerprint density at radius 3 is 2.57 bits per heavy atom. The van der Waals surface area contributed by atoms with Crippen LogP contribution >= 0.6 is 11.8 Å². The molecule has 1 saturated heterocycles. The van der Waals surface area contributed by atoms with E-state index in [0.717, 1.165) is 36.0 Å². The van der Waals surface area contributed by atoms with Crippen molar-refractivity contribution < 1.29 is 9.53 Å². The molecule has 1 aliphatic rings. The quantitative estimate of drug-likeness (QED) is 0.435. The Hall–Kier alpha value is -2.28. The van der Waals surface area contributed by atoms with Gasteiger partial charge >= 0.3 is 0 Å². The average Bonchev–Trinajstić information content (AvgIpc) is 3.13. The molecule has 0 saturated carbocycles. The zero-order chi connectivity index (χ0) is 21.5. The van der Waals surface area contributed by atoms with E-state index in [2.05, 4.69) is 49.7 Å². The van der Waals surface area contributed by atoms with Gasteiger partial charge in [0, 0.05) is 18.6 Å². The molecule has 1 aromatic carbocycles. The van der Waals surface area contributed by atoms with Crippen LogP contribution in [0.2, 0.25) is 0 Å². The Morgan fingerprint density at radius 1 is 1.23 bits per heavy atom. The number of allylic oxidation sites excluding steroid dienone is 1. The normalized spacial score (nSPS) is 19.0. The number of carbonyl (C=O) groups is 1. The van der Waals surface area contributed by atoms with E-state index >= 15 is 0 Å². The van der Waals surface area contributed by atoms with E-state index in [1.807, 2.05) is 27.7 Å². The van der Waals surface area contributed by atoms with Crippen LogP contribution in [-0.4, -0.2) is 43.4 Å². The van der Waals surface area contributed by atoms with E-state index in [-0.39, 0.29) is 5.91 Å². The standard InChI is InChI=1S/C23H32N4O2S/c1-5-14-26-21(15-29-20-12-10-19(6-2)11-13-20)24-25-23(26)30-16-22(28)27-17(3)8-7-9-18(27)4/h5,10-13,17-18H,1,6-9,14-16H2,2-4H3/t17-,18-/m0/s1. The second kappa shape index (κ2) is 10.7. The van der Waals surface area contributed by atoms with Gasteiger partial charge in [-0.2, -0.15) is 0 Å². The molecule has 6 nitrogen and oxygen atoms in total. The molecular weight excluding hydrogens is 396 g/mol. The van der Waals surface area contributed by atoms with Crippen molar-refractivity contribution in [3.05, 3.63) is 48.3 Å². The zero-order valence-electron chi connectivity index (χ0n) is 18.2. The fourth-order valence-electron chi connectivity index (χ4n) is 3.93. The van der Waals surface area contributed by atoms with Crippen LogP contribution < -0.4 is 4.74 Å². The highest BCUT2D eigenvalue weighted by atomic mass is 32.2. The topological polar surface area (TPSA) is 60.2 Å². The van der Waals surface area contributed by atoms with Gasteiger partial charge in [0.25, 0.3) is 0 Å². The van der Waals surface area contributed by atoms with Crippen molar-refractivity contribution in [1.82, 2.24) is 19.7 Å². The van der Waals surface area contributed by atoms with E-state index < -0.39 is 0 Å². The summed E-state index contributed by atoms with van der Waals surface area (Å²) in [7, 11) is 0. The van der Waals surface area contributed by atoms with Gasteiger partial charge in [0.05, 0.1) is 5.75 Å². The molecule has 0 unspecified atom stereocenters. The van der Waals surface area contributed by atoms with Crippen molar-refractivity contribution in [2.75, 3.05) is 5.75 Å². The number of likely N-dealkylation sites (tertiary alicyclic amines) is 1.